The predicted octanol–water partition coefficient (Wildman–Crippen LogP) is 0.754. The Bertz CT molecular complexity index is 527. The van der Waals surface area contributed by atoms with E-state index in [2.05, 4.69) is 0 Å². The summed E-state index contributed by atoms with van der Waals surface area (Å²) in [6, 6.07) is 0. The van der Waals surface area contributed by atoms with Crippen LogP contribution in [0, 0.1) is 29.1 Å². The quantitative estimate of drug-likeness (QED) is 0.594. The Morgan fingerprint density at radius 1 is 0.818 bits per heavy atom. The number of rotatable bonds is 4. The van der Waals surface area contributed by atoms with Gasteiger partial charge in [-0.1, -0.05) is 6.42 Å². The molecule has 2 saturated carbocycles. The Labute approximate surface area is 125 Å². The molecule has 122 valence electrons. The van der Waals surface area contributed by atoms with E-state index in [1.54, 1.807) is 0 Å². The second kappa shape index (κ2) is 5.58. The SMILES string of the molecule is O=C(O)C1CCC2(C(=O)O)C(C(=O)O)CCCC2C1C(=O)O. The standard InChI is InChI=1S/C14H18O8/c15-10(16)6-4-5-14(13(21)22)7(9(6)12(19)20)2-1-3-8(14)11(17)18/h6-9H,1-5H2,(H,15,16)(H,17,18)(H,19,20)(H,21,22). The van der Waals surface area contributed by atoms with Gasteiger partial charge in [0.15, 0.2) is 0 Å². The first kappa shape index (κ1) is 16.3. The number of carboxylic acids is 4. The molecule has 0 spiro atoms. The maximum atomic E-state index is 11.9. The van der Waals surface area contributed by atoms with Gasteiger partial charge in [-0.2, -0.15) is 0 Å². The Hall–Kier alpha value is -2.12. The molecule has 0 amide bonds. The minimum atomic E-state index is -1.70. The van der Waals surface area contributed by atoms with Gasteiger partial charge in [0.1, 0.15) is 0 Å². The largest absolute Gasteiger partial charge is 0.481 e. The summed E-state index contributed by atoms with van der Waals surface area (Å²) in [5.74, 6) is -9.94. The molecule has 8 heteroatoms. The Balaban J connectivity index is 2.54. The van der Waals surface area contributed by atoms with Crippen molar-refractivity contribution < 1.29 is 39.6 Å². The van der Waals surface area contributed by atoms with Crippen LogP contribution in [-0.4, -0.2) is 44.3 Å². The number of fused-ring (bicyclic) bond motifs is 1. The molecule has 0 bridgehead atoms. The van der Waals surface area contributed by atoms with Crippen LogP contribution in [-0.2, 0) is 19.2 Å². The molecule has 2 aliphatic carbocycles. The first-order chi connectivity index (χ1) is 10.2. The van der Waals surface area contributed by atoms with Gasteiger partial charge < -0.3 is 20.4 Å². The zero-order chi connectivity index (χ0) is 16.7. The van der Waals surface area contributed by atoms with Crippen LogP contribution in [0.25, 0.3) is 0 Å². The van der Waals surface area contributed by atoms with E-state index in [-0.39, 0.29) is 25.7 Å². The van der Waals surface area contributed by atoms with Gasteiger partial charge in [0.05, 0.1) is 23.2 Å². The van der Waals surface area contributed by atoms with Crippen molar-refractivity contribution in [3.8, 4) is 0 Å². The van der Waals surface area contributed by atoms with Gasteiger partial charge in [0.25, 0.3) is 0 Å². The number of hydrogen-bond acceptors (Lipinski definition) is 4. The maximum absolute atomic E-state index is 11.9. The number of carboxylic acid groups (broad SMARTS) is 4. The third-order valence-corrected chi connectivity index (χ3v) is 5.33. The normalized spacial score (nSPS) is 37.8. The lowest BCUT2D eigenvalue weighted by Crippen LogP contribution is -2.58. The molecule has 2 fully saturated rings. The average Bonchev–Trinajstić information content (AvgIpc) is 2.44. The first-order valence-corrected chi connectivity index (χ1v) is 7.15. The second-order valence-corrected chi connectivity index (χ2v) is 6.12. The van der Waals surface area contributed by atoms with E-state index >= 15 is 0 Å². The summed E-state index contributed by atoms with van der Waals surface area (Å²) in [6.45, 7) is 0. The fourth-order valence-electron chi connectivity index (χ4n) is 4.41. The molecule has 0 aromatic carbocycles. The van der Waals surface area contributed by atoms with Crippen LogP contribution in [0.3, 0.4) is 0 Å². The van der Waals surface area contributed by atoms with Crippen LogP contribution in [0.1, 0.15) is 32.1 Å². The lowest BCUT2D eigenvalue weighted by Gasteiger charge is -2.51. The van der Waals surface area contributed by atoms with Crippen molar-refractivity contribution in [2.24, 2.45) is 29.1 Å². The van der Waals surface area contributed by atoms with Gasteiger partial charge in [-0.15, -0.1) is 0 Å². The molecular formula is C14H18O8. The number of hydrogen-bond donors (Lipinski definition) is 4. The molecule has 22 heavy (non-hydrogen) atoms. The second-order valence-electron chi connectivity index (χ2n) is 6.12. The van der Waals surface area contributed by atoms with E-state index in [0.29, 0.717) is 6.42 Å². The summed E-state index contributed by atoms with van der Waals surface area (Å²) in [6.07, 6.45) is 0.509. The summed E-state index contributed by atoms with van der Waals surface area (Å²) in [4.78, 5) is 46.2. The average molecular weight is 314 g/mol. The Morgan fingerprint density at radius 3 is 1.91 bits per heavy atom. The highest BCUT2D eigenvalue weighted by Gasteiger charge is 2.63. The lowest BCUT2D eigenvalue weighted by atomic mass is 9.49. The van der Waals surface area contributed by atoms with E-state index < -0.39 is 53.0 Å². The highest BCUT2D eigenvalue weighted by atomic mass is 16.4. The predicted molar refractivity (Wildman–Crippen MR) is 70.0 cm³/mol. The van der Waals surface area contributed by atoms with Crippen LogP contribution in [0.5, 0.6) is 0 Å². The highest BCUT2D eigenvalue weighted by Crippen LogP contribution is 2.57. The van der Waals surface area contributed by atoms with Crippen LogP contribution in [0.4, 0.5) is 0 Å². The van der Waals surface area contributed by atoms with Gasteiger partial charge in [-0.25, -0.2) is 0 Å². The monoisotopic (exact) mass is 314 g/mol. The molecule has 0 aromatic heterocycles. The van der Waals surface area contributed by atoms with Gasteiger partial charge in [0, 0.05) is 0 Å². The topological polar surface area (TPSA) is 149 Å². The summed E-state index contributed by atoms with van der Waals surface area (Å²) in [5, 5.41) is 37.7. The van der Waals surface area contributed by atoms with Crippen molar-refractivity contribution in [3.63, 3.8) is 0 Å². The third-order valence-electron chi connectivity index (χ3n) is 5.33. The lowest BCUT2D eigenvalue weighted by molar-refractivity contribution is -0.189. The molecule has 2 rings (SSSR count). The molecule has 2 aliphatic rings. The summed E-state index contributed by atoms with van der Waals surface area (Å²) < 4.78 is 0. The molecule has 8 nitrogen and oxygen atoms in total. The molecular weight excluding hydrogens is 296 g/mol. The van der Waals surface area contributed by atoms with Crippen LogP contribution in [0.2, 0.25) is 0 Å². The first-order valence-electron chi connectivity index (χ1n) is 7.15. The zero-order valence-electron chi connectivity index (χ0n) is 11.8. The van der Waals surface area contributed by atoms with Crippen LogP contribution >= 0.6 is 0 Å². The van der Waals surface area contributed by atoms with Gasteiger partial charge in [0.2, 0.25) is 0 Å². The fourth-order valence-corrected chi connectivity index (χ4v) is 4.41. The Kier molecular flexibility index (Phi) is 4.12. The van der Waals surface area contributed by atoms with Crippen molar-refractivity contribution in [1.29, 1.82) is 0 Å². The van der Waals surface area contributed by atoms with E-state index in [1.165, 1.54) is 0 Å². The van der Waals surface area contributed by atoms with Crippen molar-refractivity contribution in [2.75, 3.05) is 0 Å². The summed E-state index contributed by atoms with van der Waals surface area (Å²) in [5.41, 5.74) is -1.70. The van der Waals surface area contributed by atoms with E-state index in [4.69, 9.17) is 0 Å². The van der Waals surface area contributed by atoms with E-state index in [1.807, 2.05) is 0 Å². The molecule has 0 saturated heterocycles. The highest BCUT2D eigenvalue weighted by molar-refractivity contribution is 5.87. The molecule has 5 unspecified atom stereocenters. The maximum Gasteiger partial charge on any atom is 0.310 e. The minimum absolute atomic E-state index is 0.120. The molecule has 0 aliphatic heterocycles. The molecule has 0 radical (unpaired) electrons. The number of aliphatic carboxylic acids is 4. The molecule has 0 aromatic rings. The van der Waals surface area contributed by atoms with E-state index in [9.17, 15) is 39.6 Å². The fraction of sp³-hybridized carbons (Fsp3) is 0.714. The minimum Gasteiger partial charge on any atom is -0.481 e. The summed E-state index contributed by atoms with van der Waals surface area (Å²) >= 11 is 0. The van der Waals surface area contributed by atoms with E-state index in [0.717, 1.165) is 0 Å². The molecule has 0 heterocycles. The van der Waals surface area contributed by atoms with Gasteiger partial charge >= 0.3 is 23.9 Å². The summed E-state index contributed by atoms with van der Waals surface area (Å²) in [7, 11) is 0. The van der Waals surface area contributed by atoms with Crippen molar-refractivity contribution >= 4 is 23.9 Å². The van der Waals surface area contributed by atoms with Crippen molar-refractivity contribution in [3.05, 3.63) is 0 Å². The van der Waals surface area contributed by atoms with Gasteiger partial charge in [-0.3, -0.25) is 19.2 Å². The van der Waals surface area contributed by atoms with Crippen LogP contribution < -0.4 is 0 Å². The molecule has 4 N–H and O–H groups in total. The van der Waals surface area contributed by atoms with Crippen molar-refractivity contribution in [1.82, 2.24) is 0 Å². The Morgan fingerprint density at radius 2 is 1.45 bits per heavy atom. The van der Waals surface area contributed by atoms with Crippen molar-refractivity contribution in [2.45, 2.75) is 32.1 Å². The van der Waals surface area contributed by atoms with Gasteiger partial charge in [-0.05, 0) is 31.6 Å². The smallest absolute Gasteiger partial charge is 0.310 e. The number of carbonyl (C=O) groups is 4. The third kappa shape index (κ3) is 2.22. The van der Waals surface area contributed by atoms with Crippen LogP contribution in [0.15, 0.2) is 0 Å². The molecule has 5 atom stereocenters. The zero-order valence-corrected chi connectivity index (χ0v) is 11.8.